The van der Waals surface area contributed by atoms with Crippen molar-refractivity contribution in [2.24, 2.45) is 5.92 Å². The molecule has 0 aromatic heterocycles. The number of benzene rings is 1. The number of aliphatic hydroxyl groups excluding tert-OH is 1. The fourth-order valence-electron chi connectivity index (χ4n) is 1.82. The Hall–Kier alpha value is -1.13. The van der Waals surface area contributed by atoms with Crippen LogP contribution in [0.4, 0.5) is 4.39 Å². The predicted molar refractivity (Wildman–Crippen MR) is 58.9 cm³/mol. The van der Waals surface area contributed by atoms with Crippen molar-refractivity contribution in [3.63, 3.8) is 0 Å². The van der Waals surface area contributed by atoms with Gasteiger partial charge in [-0.25, -0.2) is 4.39 Å². The maximum atomic E-state index is 13.2. The molecule has 0 bridgehead atoms. The Kier molecular flexibility index (Phi) is 3.74. The van der Waals surface area contributed by atoms with Gasteiger partial charge >= 0.3 is 0 Å². The zero-order valence-electron chi connectivity index (χ0n) is 9.10. The number of para-hydroxylation sites is 1. The molecule has 88 valence electrons. The first-order valence-corrected chi connectivity index (χ1v) is 5.50. The molecule has 4 heteroatoms. The molecule has 0 radical (unpaired) electrons. The molecule has 2 rings (SSSR count). The van der Waals surface area contributed by atoms with Crippen LogP contribution in [0.2, 0.25) is 0 Å². The van der Waals surface area contributed by atoms with Gasteiger partial charge in [0.2, 0.25) is 0 Å². The van der Waals surface area contributed by atoms with Gasteiger partial charge in [-0.15, -0.1) is 0 Å². The van der Waals surface area contributed by atoms with Gasteiger partial charge in [-0.05, 0) is 12.1 Å². The third kappa shape index (κ3) is 2.71. The first kappa shape index (κ1) is 11.4. The van der Waals surface area contributed by atoms with Gasteiger partial charge in [0, 0.05) is 32.2 Å². The molecular formula is C12H16FNO2. The number of nitrogens with zero attached hydrogens (tertiary/aromatic N) is 1. The van der Waals surface area contributed by atoms with E-state index in [1.807, 2.05) is 0 Å². The number of rotatable bonds is 5. The van der Waals surface area contributed by atoms with Crippen LogP contribution < -0.4 is 4.74 Å². The van der Waals surface area contributed by atoms with Crippen molar-refractivity contribution in [2.75, 3.05) is 32.8 Å². The normalized spacial score (nSPS) is 17.1. The van der Waals surface area contributed by atoms with Crippen molar-refractivity contribution >= 4 is 0 Å². The fourth-order valence-corrected chi connectivity index (χ4v) is 1.82. The van der Waals surface area contributed by atoms with Gasteiger partial charge in [-0.1, -0.05) is 12.1 Å². The SMILES string of the molecule is OCC1CN(CCOc2ccccc2F)C1. The Balaban J connectivity index is 1.67. The molecule has 3 nitrogen and oxygen atoms in total. The molecule has 1 aromatic rings. The van der Waals surface area contributed by atoms with Crippen LogP contribution in [-0.4, -0.2) is 42.9 Å². The highest BCUT2D eigenvalue weighted by Gasteiger charge is 2.25. The predicted octanol–water partition coefficient (Wildman–Crippen LogP) is 1.13. The molecule has 16 heavy (non-hydrogen) atoms. The third-order valence-corrected chi connectivity index (χ3v) is 2.79. The lowest BCUT2D eigenvalue weighted by Crippen LogP contribution is -2.49. The second kappa shape index (κ2) is 5.27. The summed E-state index contributed by atoms with van der Waals surface area (Å²) in [6.45, 7) is 3.35. The molecule has 0 amide bonds. The fraction of sp³-hybridized carbons (Fsp3) is 0.500. The van der Waals surface area contributed by atoms with E-state index in [-0.39, 0.29) is 12.4 Å². The van der Waals surface area contributed by atoms with Crippen LogP contribution in [0.25, 0.3) is 0 Å². The van der Waals surface area contributed by atoms with Crippen LogP contribution in [0.5, 0.6) is 5.75 Å². The molecular weight excluding hydrogens is 209 g/mol. The van der Waals surface area contributed by atoms with Crippen molar-refractivity contribution in [2.45, 2.75) is 0 Å². The summed E-state index contributed by atoms with van der Waals surface area (Å²) >= 11 is 0. The molecule has 1 aliphatic heterocycles. The van der Waals surface area contributed by atoms with E-state index in [0.717, 1.165) is 19.6 Å². The van der Waals surface area contributed by atoms with Gasteiger partial charge in [0.25, 0.3) is 0 Å². The highest BCUT2D eigenvalue weighted by atomic mass is 19.1. The maximum absolute atomic E-state index is 13.2. The van der Waals surface area contributed by atoms with E-state index in [1.54, 1.807) is 18.2 Å². The number of likely N-dealkylation sites (tertiary alicyclic amines) is 1. The lowest BCUT2D eigenvalue weighted by atomic mass is 10.0. The molecule has 0 unspecified atom stereocenters. The summed E-state index contributed by atoms with van der Waals surface area (Å²) in [6, 6.07) is 6.41. The number of halogens is 1. The maximum Gasteiger partial charge on any atom is 0.165 e. The summed E-state index contributed by atoms with van der Waals surface area (Å²) in [6.07, 6.45) is 0. The molecule has 0 spiro atoms. The molecule has 1 N–H and O–H groups in total. The Bertz CT molecular complexity index is 340. The van der Waals surface area contributed by atoms with E-state index >= 15 is 0 Å². The molecule has 1 aromatic carbocycles. The first-order chi connectivity index (χ1) is 7.79. The summed E-state index contributed by atoms with van der Waals surface area (Å²) in [5.41, 5.74) is 0. The zero-order valence-corrected chi connectivity index (χ0v) is 9.10. The summed E-state index contributed by atoms with van der Waals surface area (Å²) in [5.74, 6) is 0.398. The molecule has 1 heterocycles. The van der Waals surface area contributed by atoms with Gasteiger partial charge in [0.1, 0.15) is 6.61 Å². The summed E-state index contributed by atoms with van der Waals surface area (Å²) < 4.78 is 18.5. The molecule has 0 saturated carbocycles. The van der Waals surface area contributed by atoms with Gasteiger partial charge in [-0.2, -0.15) is 0 Å². The summed E-state index contributed by atoms with van der Waals surface area (Å²) in [7, 11) is 0. The monoisotopic (exact) mass is 225 g/mol. The molecule has 1 aliphatic rings. The van der Waals surface area contributed by atoms with Crippen LogP contribution in [0.15, 0.2) is 24.3 Å². The van der Waals surface area contributed by atoms with Crippen LogP contribution in [0, 0.1) is 11.7 Å². The third-order valence-electron chi connectivity index (χ3n) is 2.79. The minimum Gasteiger partial charge on any atom is -0.489 e. The quantitative estimate of drug-likeness (QED) is 0.815. The second-order valence-electron chi connectivity index (χ2n) is 4.09. The highest BCUT2D eigenvalue weighted by Crippen LogP contribution is 2.17. The zero-order chi connectivity index (χ0) is 11.4. The second-order valence-corrected chi connectivity index (χ2v) is 4.09. The van der Waals surface area contributed by atoms with E-state index in [4.69, 9.17) is 9.84 Å². The molecule has 1 fully saturated rings. The standard InChI is InChI=1S/C12H16FNO2/c13-11-3-1-2-4-12(11)16-6-5-14-7-10(8-14)9-15/h1-4,10,15H,5-9H2. The van der Waals surface area contributed by atoms with Crippen molar-refractivity contribution < 1.29 is 14.2 Å². The number of hydrogen-bond donors (Lipinski definition) is 1. The van der Waals surface area contributed by atoms with E-state index < -0.39 is 0 Å². The van der Waals surface area contributed by atoms with E-state index in [2.05, 4.69) is 4.90 Å². The van der Waals surface area contributed by atoms with Crippen molar-refractivity contribution in [3.8, 4) is 5.75 Å². The molecule has 0 atom stereocenters. The van der Waals surface area contributed by atoms with Gasteiger partial charge < -0.3 is 9.84 Å². The van der Waals surface area contributed by atoms with Crippen LogP contribution >= 0.6 is 0 Å². The number of ether oxygens (including phenoxy) is 1. The summed E-state index contributed by atoms with van der Waals surface area (Å²) in [5, 5.41) is 8.84. The van der Waals surface area contributed by atoms with E-state index in [1.165, 1.54) is 6.07 Å². The Morgan fingerprint density at radius 1 is 1.38 bits per heavy atom. The number of hydrogen-bond acceptors (Lipinski definition) is 3. The topological polar surface area (TPSA) is 32.7 Å². The van der Waals surface area contributed by atoms with Crippen LogP contribution in [0.1, 0.15) is 0 Å². The Labute approximate surface area is 94.4 Å². The smallest absolute Gasteiger partial charge is 0.165 e. The van der Waals surface area contributed by atoms with Crippen molar-refractivity contribution in [1.29, 1.82) is 0 Å². The number of aliphatic hydroxyl groups is 1. The molecule has 0 aliphatic carbocycles. The van der Waals surface area contributed by atoms with Crippen LogP contribution in [0.3, 0.4) is 0 Å². The largest absolute Gasteiger partial charge is 0.489 e. The van der Waals surface area contributed by atoms with Crippen molar-refractivity contribution in [3.05, 3.63) is 30.1 Å². The minimum absolute atomic E-state index is 0.255. The Morgan fingerprint density at radius 3 is 2.81 bits per heavy atom. The minimum atomic E-state index is -0.320. The lowest BCUT2D eigenvalue weighted by molar-refractivity contribution is 0.0435. The average molecular weight is 225 g/mol. The van der Waals surface area contributed by atoms with Crippen LogP contribution in [-0.2, 0) is 0 Å². The first-order valence-electron chi connectivity index (χ1n) is 5.50. The van der Waals surface area contributed by atoms with Crippen molar-refractivity contribution in [1.82, 2.24) is 4.90 Å². The summed E-state index contributed by atoms with van der Waals surface area (Å²) in [4.78, 5) is 2.18. The van der Waals surface area contributed by atoms with Gasteiger partial charge in [0.15, 0.2) is 11.6 Å². The van der Waals surface area contributed by atoms with Gasteiger partial charge in [0.05, 0.1) is 0 Å². The van der Waals surface area contributed by atoms with Gasteiger partial charge in [-0.3, -0.25) is 4.90 Å². The molecule has 1 saturated heterocycles. The van der Waals surface area contributed by atoms with E-state index in [9.17, 15) is 4.39 Å². The average Bonchev–Trinajstić information content (AvgIpc) is 2.24. The van der Waals surface area contributed by atoms with E-state index in [0.29, 0.717) is 18.3 Å². The highest BCUT2D eigenvalue weighted by molar-refractivity contribution is 5.23. The lowest BCUT2D eigenvalue weighted by Gasteiger charge is -2.37. The Morgan fingerprint density at radius 2 is 2.12 bits per heavy atom.